The summed E-state index contributed by atoms with van der Waals surface area (Å²) < 4.78 is 16.4. The highest BCUT2D eigenvalue weighted by Crippen LogP contribution is 2.44. The van der Waals surface area contributed by atoms with Crippen molar-refractivity contribution < 1.29 is 28.9 Å². The summed E-state index contributed by atoms with van der Waals surface area (Å²) in [6.07, 6.45) is -0.663. The quantitative estimate of drug-likeness (QED) is 0.428. The van der Waals surface area contributed by atoms with Gasteiger partial charge in [-0.05, 0) is 33.4 Å². The van der Waals surface area contributed by atoms with Crippen LogP contribution < -0.4 is 10.2 Å². The van der Waals surface area contributed by atoms with E-state index < -0.39 is 26.1 Å². The molecular formula is C27H26NO6P. The molecule has 3 unspecified atom stereocenters. The molecule has 4 rings (SSSR count). The van der Waals surface area contributed by atoms with Crippen LogP contribution in [0.2, 0.25) is 0 Å². The molecule has 0 aromatic heterocycles. The lowest BCUT2D eigenvalue weighted by Gasteiger charge is -2.18. The highest BCUT2D eigenvalue weighted by Gasteiger charge is 2.29. The zero-order valence-electron chi connectivity index (χ0n) is 19.2. The van der Waals surface area contributed by atoms with Crippen LogP contribution in [0.15, 0.2) is 72.8 Å². The summed E-state index contributed by atoms with van der Waals surface area (Å²) in [4.78, 5) is 35.3. The Balaban J connectivity index is 1.38. The molecule has 1 aliphatic rings. The maximum absolute atomic E-state index is 12.5. The molecule has 0 saturated carbocycles. The van der Waals surface area contributed by atoms with Gasteiger partial charge in [0.25, 0.3) is 0 Å². The molecule has 3 atom stereocenters. The number of ether oxygens (including phenoxy) is 1. The number of carbonyl (C=O) groups is 2. The predicted octanol–water partition coefficient (Wildman–Crippen LogP) is 4.43. The molecule has 0 saturated heterocycles. The van der Waals surface area contributed by atoms with Crippen molar-refractivity contribution in [2.24, 2.45) is 0 Å². The summed E-state index contributed by atoms with van der Waals surface area (Å²) in [7, 11) is -2.48. The fourth-order valence-electron chi connectivity index (χ4n) is 4.53. The van der Waals surface area contributed by atoms with Crippen molar-refractivity contribution >= 4 is 20.1 Å². The number of carboxylic acid groups (broad SMARTS) is 1. The summed E-state index contributed by atoms with van der Waals surface area (Å²) >= 11 is 0. The fraction of sp³-hybridized carbons (Fsp3) is 0.259. The van der Waals surface area contributed by atoms with Gasteiger partial charge in [0.2, 0.25) is 0 Å². The second-order valence-corrected chi connectivity index (χ2v) is 9.75. The van der Waals surface area contributed by atoms with Gasteiger partial charge in [-0.25, -0.2) is 9.59 Å². The molecule has 8 heteroatoms. The summed E-state index contributed by atoms with van der Waals surface area (Å²) in [5, 5.41) is 12.1. The van der Waals surface area contributed by atoms with E-state index in [1.54, 1.807) is 24.3 Å². The normalized spacial score (nSPS) is 14.4. The lowest BCUT2D eigenvalue weighted by Crippen LogP contribution is -2.42. The van der Waals surface area contributed by atoms with Gasteiger partial charge in [0, 0.05) is 18.3 Å². The number of carbonyl (C=O) groups excluding carboxylic acids is 1. The van der Waals surface area contributed by atoms with Crippen LogP contribution >= 0.6 is 8.03 Å². The minimum Gasteiger partial charge on any atom is -0.596 e. The van der Waals surface area contributed by atoms with Crippen molar-refractivity contribution in [2.45, 2.75) is 31.2 Å². The molecule has 0 spiro atoms. The second kappa shape index (κ2) is 10.8. The smallest absolute Gasteiger partial charge is 0.407 e. The monoisotopic (exact) mass is 491 g/mol. The van der Waals surface area contributed by atoms with E-state index in [1.807, 2.05) is 55.5 Å². The average Bonchev–Trinajstić information content (AvgIpc) is 3.16. The fourth-order valence-corrected chi connectivity index (χ4v) is 5.19. The Bertz CT molecular complexity index is 1200. The Hall–Kier alpha value is -3.54. The number of carboxylic acids is 1. The Morgan fingerprint density at radius 3 is 2.11 bits per heavy atom. The van der Waals surface area contributed by atoms with Gasteiger partial charge in [0.05, 0.1) is 0 Å². The average molecular weight is 491 g/mol. The van der Waals surface area contributed by atoms with Crippen LogP contribution in [0.4, 0.5) is 4.79 Å². The molecule has 0 fully saturated rings. The van der Waals surface area contributed by atoms with E-state index in [0.717, 1.165) is 27.8 Å². The summed E-state index contributed by atoms with van der Waals surface area (Å²) in [6.45, 7) is 1.92. The van der Waals surface area contributed by atoms with E-state index in [1.165, 1.54) is 0 Å². The third kappa shape index (κ3) is 5.76. The molecular weight excluding hydrogens is 465 g/mol. The number of amides is 1. The predicted molar refractivity (Wildman–Crippen MR) is 131 cm³/mol. The Morgan fingerprint density at radius 2 is 1.57 bits per heavy atom. The first-order chi connectivity index (χ1) is 16.8. The van der Waals surface area contributed by atoms with Crippen molar-refractivity contribution in [3.63, 3.8) is 0 Å². The Labute approximate surface area is 204 Å². The molecule has 3 aromatic rings. The zero-order chi connectivity index (χ0) is 24.9. The first kappa shape index (κ1) is 24.6. The van der Waals surface area contributed by atoms with Crippen LogP contribution in [0.3, 0.4) is 0 Å². The van der Waals surface area contributed by atoms with Crippen molar-refractivity contribution in [3.8, 4) is 11.1 Å². The first-order valence-corrected chi connectivity index (χ1v) is 12.7. The van der Waals surface area contributed by atoms with Gasteiger partial charge in [-0.1, -0.05) is 84.3 Å². The number of hydrogen-bond acceptors (Lipinski definition) is 5. The number of benzene rings is 3. The van der Waals surface area contributed by atoms with Crippen molar-refractivity contribution in [1.29, 1.82) is 0 Å². The molecule has 1 amide bonds. The van der Waals surface area contributed by atoms with Crippen molar-refractivity contribution in [3.05, 3.63) is 95.1 Å². The van der Waals surface area contributed by atoms with Gasteiger partial charge < -0.3 is 20.1 Å². The van der Waals surface area contributed by atoms with Crippen LogP contribution in [-0.2, 0) is 20.5 Å². The topological polar surface area (TPSA) is 116 Å². The minimum absolute atomic E-state index is 0.0514. The zero-order valence-corrected chi connectivity index (χ0v) is 20.1. The summed E-state index contributed by atoms with van der Waals surface area (Å²) in [5.41, 5.74) is 5.93. The van der Waals surface area contributed by atoms with Crippen LogP contribution in [0.1, 0.15) is 41.0 Å². The first-order valence-electron chi connectivity index (χ1n) is 11.4. The van der Waals surface area contributed by atoms with E-state index in [9.17, 15) is 24.2 Å². The van der Waals surface area contributed by atoms with Gasteiger partial charge >= 0.3 is 20.1 Å². The van der Waals surface area contributed by atoms with E-state index in [0.29, 0.717) is 5.56 Å². The van der Waals surface area contributed by atoms with Gasteiger partial charge in [-0.3, -0.25) is 0 Å². The van der Waals surface area contributed by atoms with Gasteiger partial charge in [0.15, 0.2) is 0 Å². The van der Waals surface area contributed by atoms with Gasteiger partial charge in [-0.2, -0.15) is 0 Å². The number of nitrogens with one attached hydrogen (secondary N) is 1. The SMILES string of the molecule is CC(C[P+](=O)[O-])c1ccc(CC(NC(=O)OCC2c3ccccc3-c3ccccc32)C(=O)O)cc1. The Morgan fingerprint density at radius 1 is 1.00 bits per heavy atom. The number of fused-ring (bicyclic) bond motifs is 3. The maximum Gasteiger partial charge on any atom is 0.407 e. The number of alkyl carbamates (subject to hydrolysis) is 1. The van der Waals surface area contributed by atoms with Crippen LogP contribution in [0, 0.1) is 0 Å². The summed E-state index contributed by atoms with van der Waals surface area (Å²) in [6, 6.07) is 21.9. The molecule has 7 nitrogen and oxygen atoms in total. The molecule has 1 aliphatic carbocycles. The largest absolute Gasteiger partial charge is 0.596 e. The van der Waals surface area contributed by atoms with Crippen molar-refractivity contribution in [2.75, 3.05) is 12.8 Å². The number of rotatable bonds is 9. The van der Waals surface area contributed by atoms with E-state index in [2.05, 4.69) is 5.32 Å². The van der Waals surface area contributed by atoms with E-state index in [-0.39, 0.29) is 31.0 Å². The highest BCUT2D eigenvalue weighted by molar-refractivity contribution is 7.36. The van der Waals surface area contributed by atoms with Crippen LogP contribution in [-0.4, -0.2) is 36.0 Å². The molecule has 2 N–H and O–H groups in total. The highest BCUT2D eigenvalue weighted by atomic mass is 31.1. The van der Waals surface area contributed by atoms with Crippen molar-refractivity contribution in [1.82, 2.24) is 5.32 Å². The van der Waals surface area contributed by atoms with E-state index in [4.69, 9.17) is 4.74 Å². The minimum atomic E-state index is -2.48. The number of aliphatic carboxylic acids is 1. The second-order valence-electron chi connectivity index (χ2n) is 8.72. The molecule has 0 aliphatic heterocycles. The lowest BCUT2D eigenvalue weighted by atomic mass is 9.98. The van der Waals surface area contributed by atoms with Gasteiger partial charge in [-0.15, -0.1) is 0 Å². The molecule has 0 radical (unpaired) electrons. The molecule has 0 heterocycles. The lowest BCUT2D eigenvalue weighted by molar-refractivity contribution is -0.164. The standard InChI is InChI=1S/C27H26NO6P/c1-17(16-35(32)33)19-12-10-18(11-13-19)14-25(26(29)30)28-27(31)34-15-24-22-8-4-2-6-20(22)21-7-3-5-9-23(21)24/h2-13,17,24-25H,14-16H2,1H3,(H,28,31)(H,29,30). The van der Waals surface area contributed by atoms with Crippen LogP contribution in [0.25, 0.3) is 11.1 Å². The number of hydrogen-bond donors (Lipinski definition) is 2. The molecule has 0 bridgehead atoms. The summed E-state index contributed by atoms with van der Waals surface area (Å²) in [5.74, 6) is -1.44. The third-order valence-corrected chi connectivity index (χ3v) is 7.19. The van der Waals surface area contributed by atoms with Crippen LogP contribution in [0.5, 0.6) is 0 Å². The third-order valence-electron chi connectivity index (χ3n) is 6.35. The maximum atomic E-state index is 12.5. The molecule has 180 valence electrons. The van der Waals surface area contributed by atoms with Gasteiger partial charge in [0.1, 0.15) is 18.8 Å². The molecule has 35 heavy (non-hydrogen) atoms. The van der Waals surface area contributed by atoms with E-state index >= 15 is 0 Å². The Kier molecular flexibility index (Phi) is 7.59. The molecule has 3 aromatic carbocycles.